The fraction of sp³-hybridized carbons (Fsp3) is 0. The molecule has 0 spiro atoms. The third kappa shape index (κ3) is 3.19. The molecular formula is C23H14N2O3S. The van der Waals surface area contributed by atoms with Gasteiger partial charge in [-0.1, -0.05) is 42.5 Å². The van der Waals surface area contributed by atoms with Gasteiger partial charge in [-0.05, 0) is 36.4 Å². The quantitative estimate of drug-likeness (QED) is 0.417. The van der Waals surface area contributed by atoms with Gasteiger partial charge in [-0.15, -0.1) is 11.3 Å². The fourth-order valence-electron chi connectivity index (χ4n) is 3.18. The molecule has 0 unspecified atom stereocenters. The largest absolute Gasteiger partial charge is 0.422 e. The van der Waals surface area contributed by atoms with Crippen molar-refractivity contribution < 1.29 is 9.21 Å². The predicted molar refractivity (Wildman–Crippen MR) is 115 cm³/mol. The Morgan fingerprint density at radius 2 is 1.69 bits per heavy atom. The number of thiazole rings is 1. The van der Waals surface area contributed by atoms with E-state index < -0.39 is 11.5 Å². The summed E-state index contributed by atoms with van der Waals surface area (Å²) in [7, 11) is 0. The standard InChI is InChI=1S/C23H14N2O3S/c26-21(16-13-14-7-1-5-11-19(14)28-23(16)27)24-17-9-3-2-8-15(17)22-25-18-10-4-6-12-20(18)29-22/h1-13H,(H,24,26). The van der Waals surface area contributed by atoms with Crippen molar-refractivity contribution in [1.82, 2.24) is 4.98 Å². The van der Waals surface area contributed by atoms with E-state index in [0.29, 0.717) is 16.7 Å². The van der Waals surface area contributed by atoms with Crippen molar-refractivity contribution in [3.63, 3.8) is 0 Å². The van der Waals surface area contributed by atoms with E-state index in [1.54, 1.807) is 41.7 Å². The smallest absolute Gasteiger partial charge is 0.349 e. The number of hydrogen-bond donors (Lipinski definition) is 1. The van der Waals surface area contributed by atoms with E-state index in [2.05, 4.69) is 10.3 Å². The highest BCUT2D eigenvalue weighted by Crippen LogP contribution is 2.34. The van der Waals surface area contributed by atoms with Gasteiger partial charge in [0.05, 0.1) is 15.9 Å². The summed E-state index contributed by atoms with van der Waals surface area (Å²) >= 11 is 1.55. The normalized spacial score (nSPS) is 11.0. The number of para-hydroxylation sites is 3. The van der Waals surface area contributed by atoms with Crippen LogP contribution in [-0.2, 0) is 0 Å². The van der Waals surface area contributed by atoms with E-state index in [-0.39, 0.29) is 5.56 Å². The lowest BCUT2D eigenvalue weighted by Gasteiger charge is -2.09. The first kappa shape index (κ1) is 17.3. The molecule has 0 aliphatic rings. The van der Waals surface area contributed by atoms with Crippen molar-refractivity contribution in [2.24, 2.45) is 0 Å². The zero-order valence-electron chi connectivity index (χ0n) is 15.1. The molecule has 2 aromatic heterocycles. The molecule has 0 saturated heterocycles. The van der Waals surface area contributed by atoms with Gasteiger partial charge in [-0.25, -0.2) is 9.78 Å². The van der Waals surface area contributed by atoms with Crippen molar-refractivity contribution >= 4 is 44.1 Å². The molecule has 0 saturated carbocycles. The van der Waals surface area contributed by atoms with E-state index in [4.69, 9.17) is 4.42 Å². The van der Waals surface area contributed by atoms with Crippen LogP contribution in [0.2, 0.25) is 0 Å². The molecule has 1 amide bonds. The van der Waals surface area contributed by atoms with Crippen molar-refractivity contribution in [3.8, 4) is 10.6 Å². The van der Waals surface area contributed by atoms with Crippen molar-refractivity contribution in [1.29, 1.82) is 0 Å². The Balaban J connectivity index is 1.54. The summed E-state index contributed by atoms with van der Waals surface area (Å²) in [5.41, 5.74) is 2.03. The van der Waals surface area contributed by atoms with E-state index >= 15 is 0 Å². The molecule has 3 aromatic carbocycles. The van der Waals surface area contributed by atoms with Gasteiger partial charge in [0, 0.05) is 10.9 Å². The Hall–Kier alpha value is -3.77. The number of fused-ring (bicyclic) bond motifs is 2. The Morgan fingerprint density at radius 1 is 0.931 bits per heavy atom. The highest BCUT2D eigenvalue weighted by atomic mass is 32.1. The summed E-state index contributed by atoms with van der Waals surface area (Å²) in [6, 6.07) is 23.9. The lowest BCUT2D eigenvalue weighted by Crippen LogP contribution is -2.21. The minimum atomic E-state index is -0.668. The second kappa shape index (κ2) is 7.00. The first-order valence-electron chi connectivity index (χ1n) is 8.98. The molecule has 5 rings (SSSR count). The number of amides is 1. The van der Waals surface area contributed by atoms with Crippen LogP contribution in [0.15, 0.2) is 88.1 Å². The van der Waals surface area contributed by atoms with Gasteiger partial charge in [-0.2, -0.15) is 0 Å². The molecule has 1 N–H and O–H groups in total. The molecule has 2 heterocycles. The van der Waals surface area contributed by atoms with Crippen LogP contribution in [0.1, 0.15) is 10.4 Å². The van der Waals surface area contributed by atoms with Gasteiger partial charge in [0.2, 0.25) is 0 Å². The molecule has 0 aliphatic carbocycles. The van der Waals surface area contributed by atoms with Crippen LogP contribution >= 0.6 is 11.3 Å². The number of carbonyl (C=O) groups excluding carboxylic acids is 1. The summed E-state index contributed by atoms with van der Waals surface area (Å²) in [6.07, 6.45) is 0. The maximum Gasteiger partial charge on any atom is 0.349 e. The first-order chi connectivity index (χ1) is 14.2. The summed E-state index contributed by atoms with van der Waals surface area (Å²) in [6.45, 7) is 0. The zero-order chi connectivity index (χ0) is 19.8. The average Bonchev–Trinajstić information content (AvgIpc) is 3.17. The second-order valence-corrected chi connectivity index (χ2v) is 7.50. The van der Waals surface area contributed by atoms with Gasteiger partial charge in [0.1, 0.15) is 16.2 Å². The van der Waals surface area contributed by atoms with Crippen LogP contribution in [-0.4, -0.2) is 10.9 Å². The highest BCUT2D eigenvalue weighted by Gasteiger charge is 2.17. The van der Waals surface area contributed by atoms with Gasteiger partial charge < -0.3 is 9.73 Å². The number of anilines is 1. The molecule has 0 fully saturated rings. The van der Waals surface area contributed by atoms with Crippen LogP contribution in [0.4, 0.5) is 5.69 Å². The number of carbonyl (C=O) groups is 1. The Bertz CT molecular complexity index is 1400. The van der Waals surface area contributed by atoms with Crippen molar-refractivity contribution in [2.75, 3.05) is 5.32 Å². The summed E-state index contributed by atoms with van der Waals surface area (Å²) in [5, 5.41) is 4.33. The van der Waals surface area contributed by atoms with Crippen LogP contribution in [0.25, 0.3) is 31.8 Å². The number of nitrogens with one attached hydrogen (secondary N) is 1. The van der Waals surface area contributed by atoms with Crippen molar-refractivity contribution in [2.45, 2.75) is 0 Å². The van der Waals surface area contributed by atoms with Gasteiger partial charge >= 0.3 is 5.63 Å². The minimum Gasteiger partial charge on any atom is -0.422 e. The third-order valence-electron chi connectivity index (χ3n) is 4.59. The molecule has 5 nitrogen and oxygen atoms in total. The minimum absolute atomic E-state index is 0.0391. The van der Waals surface area contributed by atoms with Gasteiger partial charge in [0.15, 0.2) is 0 Å². The molecule has 0 radical (unpaired) electrons. The number of aromatic nitrogens is 1. The summed E-state index contributed by atoms with van der Waals surface area (Å²) < 4.78 is 6.35. The first-order valence-corrected chi connectivity index (χ1v) is 9.80. The second-order valence-electron chi connectivity index (χ2n) is 6.47. The third-order valence-corrected chi connectivity index (χ3v) is 5.66. The Kier molecular flexibility index (Phi) is 4.18. The van der Waals surface area contributed by atoms with Gasteiger partial charge in [-0.3, -0.25) is 4.79 Å². The maximum atomic E-state index is 12.8. The van der Waals surface area contributed by atoms with Gasteiger partial charge in [0.25, 0.3) is 5.91 Å². The maximum absolute atomic E-state index is 12.8. The molecule has 0 atom stereocenters. The molecule has 5 aromatic rings. The Labute approximate surface area is 169 Å². The summed E-state index contributed by atoms with van der Waals surface area (Å²) in [5.74, 6) is -0.516. The Morgan fingerprint density at radius 3 is 2.59 bits per heavy atom. The molecular weight excluding hydrogens is 384 g/mol. The molecule has 0 bridgehead atoms. The topological polar surface area (TPSA) is 72.2 Å². The van der Waals surface area contributed by atoms with E-state index in [1.165, 1.54) is 0 Å². The number of nitrogens with zero attached hydrogens (tertiary/aromatic N) is 1. The van der Waals surface area contributed by atoms with Crippen LogP contribution in [0.5, 0.6) is 0 Å². The van der Waals surface area contributed by atoms with Crippen LogP contribution in [0.3, 0.4) is 0 Å². The number of hydrogen-bond acceptors (Lipinski definition) is 5. The van der Waals surface area contributed by atoms with Crippen LogP contribution < -0.4 is 10.9 Å². The fourth-order valence-corrected chi connectivity index (χ4v) is 4.18. The number of benzene rings is 3. The van der Waals surface area contributed by atoms with E-state index in [9.17, 15) is 9.59 Å². The average molecular weight is 398 g/mol. The predicted octanol–water partition coefficient (Wildman–Crippen LogP) is 5.32. The lowest BCUT2D eigenvalue weighted by atomic mass is 10.1. The molecule has 140 valence electrons. The van der Waals surface area contributed by atoms with E-state index in [0.717, 1.165) is 20.8 Å². The monoisotopic (exact) mass is 398 g/mol. The highest BCUT2D eigenvalue weighted by molar-refractivity contribution is 7.21. The van der Waals surface area contributed by atoms with E-state index in [1.807, 2.05) is 48.5 Å². The lowest BCUT2D eigenvalue weighted by molar-refractivity contribution is 0.102. The molecule has 29 heavy (non-hydrogen) atoms. The molecule has 6 heteroatoms. The molecule has 0 aliphatic heterocycles. The zero-order valence-corrected chi connectivity index (χ0v) is 15.9. The van der Waals surface area contributed by atoms with Crippen molar-refractivity contribution in [3.05, 3.63) is 94.8 Å². The SMILES string of the molecule is O=C(Nc1ccccc1-c1nc2ccccc2s1)c1cc2ccccc2oc1=O. The van der Waals surface area contributed by atoms with Crippen LogP contribution in [0, 0.1) is 0 Å². The summed E-state index contributed by atoms with van der Waals surface area (Å²) in [4.78, 5) is 29.8. The number of rotatable bonds is 3.